The number of hydrogen-bond donors (Lipinski definition) is 0. The lowest BCUT2D eigenvalue weighted by Crippen LogP contribution is -2.63. The molecule has 1 aromatic rings. The van der Waals surface area contributed by atoms with Gasteiger partial charge in [0.25, 0.3) is 0 Å². The summed E-state index contributed by atoms with van der Waals surface area (Å²) in [7, 11) is 4.02. The Morgan fingerprint density at radius 3 is 2.92 bits per heavy atom. The maximum atomic E-state index is 12.7. The molecule has 3 nitrogen and oxygen atoms in total. The van der Waals surface area contributed by atoms with Crippen molar-refractivity contribution in [2.24, 2.45) is 11.8 Å². The minimum Gasteiger partial charge on any atom is -0.497 e. The maximum absolute atomic E-state index is 12.7. The molecule has 4 rings (SSSR count). The number of ketones is 1. The Morgan fingerprint density at radius 1 is 1.33 bits per heavy atom. The molecule has 3 aliphatic rings. The number of benzene rings is 1. The van der Waals surface area contributed by atoms with Gasteiger partial charge in [-0.1, -0.05) is 19.4 Å². The normalized spacial score (nSPS) is 35.3. The Kier molecular flexibility index (Phi) is 3.95. The zero-order valence-electron chi connectivity index (χ0n) is 15.2. The lowest BCUT2D eigenvalue weighted by Gasteiger charge is -2.60. The van der Waals surface area contributed by atoms with Crippen LogP contribution in [0.4, 0.5) is 0 Å². The average Bonchev–Trinajstić information content (AvgIpc) is 2.58. The summed E-state index contributed by atoms with van der Waals surface area (Å²) < 4.78 is 5.52. The van der Waals surface area contributed by atoms with E-state index >= 15 is 0 Å². The number of methoxy groups -OCH3 is 1. The van der Waals surface area contributed by atoms with E-state index in [1.807, 2.05) is 0 Å². The maximum Gasteiger partial charge on any atom is 0.134 e. The van der Waals surface area contributed by atoms with Gasteiger partial charge in [0.15, 0.2) is 0 Å². The average molecular weight is 327 g/mol. The molecule has 0 spiro atoms. The number of hydrogen-bond acceptors (Lipinski definition) is 3. The molecule has 0 unspecified atom stereocenters. The number of carbonyl (C=O) groups is 1. The summed E-state index contributed by atoms with van der Waals surface area (Å²) in [4.78, 5) is 15.3. The van der Waals surface area contributed by atoms with Crippen LogP contribution in [0.3, 0.4) is 0 Å². The molecular weight excluding hydrogens is 298 g/mol. The predicted octanol–water partition coefficient (Wildman–Crippen LogP) is 3.59. The second-order valence-electron chi connectivity index (χ2n) is 8.18. The van der Waals surface area contributed by atoms with E-state index in [9.17, 15) is 4.79 Å². The fraction of sp³-hybridized carbons (Fsp3) is 0.667. The number of nitrogens with zero attached hydrogens (tertiary/aromatic N) is 1. The third-order valence-corrected chi connectivity index (χ3v) is 6.98. The van der Waals surface area contributed by atoms with Gasteiger partial charge < -0.3 is 9.64 Å². The van der Waals surface area contributed by atoms with E-state index in [1.165, 1.54) is 24.0 Å². The third-order valence-electron chi connectivity index (χ3n) is 6.98. The Balaban J connectivity index is 1.88. The number of ether oxygens (including phenoxy) is 1. The first-order valence-electron chi connectivity index (χ1n) is 9.48. The molecule has 0 radical (unpaired) electrons. The summed E-state index contributed by atoms with van der Waals surface area (Å²) in [6.45, 7) is 3.36. The van der Waals surface area contributed by atoms with Crippen LogP contribution < -0.4 is 4.74 Å². The van der Waals surface area contributed by atoms with Gasteiger partial charge in [-0.15, -0.1) is 0 Å². The molecule has 1 saturated carbocycles. The Hall–Kier alpha value is -1.35. The first kappa shape index (κ1) is 16.1. The van der Waals surface area contributed by atoms with Crippen molar-refractivity contribution in [1.29, 1.82) is 0 Å². The molecule has 2 fully saturated rings. The molecule has 2 bridgehead atoms. The molecular formula is C21H29NO2. The van der Waals surface area contributed by atoms with Crippen molar-refractivity contribution < 1.29 is 9.53 Å². The van der Waals surface area contributed by atoms with Gasteiger partial charge in [0.1, 0.15) is 11.5 Å². The quantitative estimate of drug-likeness (QED) is 0.850. The van der Waals surface area contributed by atoms with Gasteiger partial charge in [-0.05, 0) is 68.0 Å². The lowest BCUT2D eigenvalue weighted by molar-refractivity contribution is -0.131. The van der Waals surface area contributed by atoms with Crippen LogP contribution in [0.25, 0.3) is 0 Å². The second kappa shape index (κ2) is 5.87. The molecule has 2 aliphatic carbocycles. The summed E-state index contributed by atoms with van der Waals surface area (Å²) in [5.74, 6) is 2.57. The van der Waals surface area contributed by atoms with Crippen LogP contribution in [0.5, 0.6) is 5.75 Å². The van der Waals surface area contributed by atoms with Crippen molar-refractivity contribution in [3.05, 3.63) is 29.3 Å². The molecule has 1 aromatic carbocycles. The SMILES string of the molecule is CCC[C@H]1CC(=O)C[C@]23CCN(C)[C@H](Cc4ccc(OC)cc42)[C@H]13. The molecule has 4 atom stereocenters. The minimum absolute atomic E-state index is 0.0501. The van der Waals surface area contributed by atoms with Crippen LogP contribution in [-0.4, -0.2) is 37.4 Å². The Bertz CT molecular complexity index is 655. The van der Waals surface area contributed by atoms with Crippen LogP contribution in [-0.2, 0) is 16.6 Å². The van der Waals surface area contributed by atoms with E-state index in [0.717, 1.165) is 38.0 Å². The van der Waals surface area contributed by atoms with Crippen molar-refractivity contribution in [1.82, 2.24) is 4.90 Å². The van der Waals surface area contributed by atoms with Crippen molar-refractivity contribution >= 4 is 5.78 Å². The van der Waals surface area contributed by atoms with E-state index < -0.39 is 0 Å². The van der Waals surface area contributed by atoms with Gasteiger partial charge in [-0.25, -0.2) is 0 Å². The fourth-order valence-corrected chi connectivity index (χ4v) is 6.06. The van der Waals surface area contributed by atoms with E-state index in [-0.39, 0.29) is 5.41 Å². The highest BCUT2D eigenvalue weighted by molar-refractivity contribution is 5.82. The van der Waals surface area contributed by atoms with Crippen molar-refractivity contribution in [3.8, 4) is 5.75 Å². The van der Waals surface area contributed by atoms with Crippen LogP contribution in [0.1, 0.15) is 50.2 Å². The fourth-order valence-electron chi connectivity index (χ4n) is 6.06. The molecule has 1 saturated heterocycles. The summed E-state index contributed by atoms with van der Waals surface area (Å²) >= 11 is 0. The molecule has 0 amide bonds. The summed E-state index contributed by atoms with van der Waals surface area (Å²) in [5.41, 5.74) is 2.91. The number of carbonyl (C=O) groups excluding carboxylic acids is 1. The van der Waals surface area contributed by atoms with Gasteiger partial charge in [-0.2, -0.15) is 0 Å². The minimum atomic E-state index is 0.0501. The monoisotopic (exact) mass is 327 g/mol. The van der Waals surface area contributed by atoms with E-state index in [4.69, 9.17) is 4.74 Å². The molecule has 24 heavy (non-hydrogen) atoms. The highest BCUT2D eigenvalue weighted by Gasteiger charge is 2.57. The topological polar surface area (TPSA) is 29.5 Å². The van der Waals surface area contributed by atoms with Crippen molar-refractivity contribution in [3.63, 3.8) is 0 Å². The van der Waals surface area contributed by atoms with Gasteiger partial charge in [0.2, 0.25) is 0 Å². The Labute approximate surface area is 145 Å². The number of fused-ring (bicyclic) bond motifs is 1. The standard InChI is InChI=1S/C21H29NO2/c1-4-5-15-10-16(23)13-21-8-9-22(2)19(20(15)21)11-14-6-7-17(24-3)12-18(14)21/h6-7,12,15,19-20H,4-5,8-11,13H2,1-3H3/t15-,19+,20-,21+/m0/s1. The van der Waals surface area contributed by atoms with Gasteiger partial charge in [0, 0.05) is 24.3 Å². The van der Waals surface area contributed by atoms with Crippen molar-refractivity contribution in [2.45, 2.75) is 56.9 Å². The molecule has 1 heterocycles. The molecule has 0 aromatic heterocycles. The molecule has 3 heteroatoms. The first-order chi connectivity index (χ1) is 11.6. The van der Waals surface area contributed by atoms with E-state index in [0.29, 0.717) is 23.7 Å². The highest BCUT2D eigenvalue weighted by Crippen LogP contribution is 2.57. The Morgan fingerprint density at radius 2 is 2.17 bits per heavy atom. The van der Waals surface area contributed by atoms with Crippen LogP contribution in [0.2, 0.25) is 0 Å². The summed E-state index contributed by atoms with van der Waals surface area (Å²) in [6, 6.07) is 7.15. The van der Waals surface area contributed by atoms with Crippen LogP contribution in [0, 0.1) is 11.8 Å². The highest BCUT2D eigenvalue weighted by atomic mass is 16.5. The number of likely N-dealkylation sites (tertiary alicyclic amines) is 1. The smallest absolute Gasteiger partial charge is 0.134 e. The van der Waals surface area contributed by atoms with E-state index in [1.54, 1.807) is 7.11 Å². The largest absolute Gasteiger partial charge is 0.497 e. The molecule has 130 valence electrons. The van der Waals surface area contributed by atoms with Gasteiger partial charge in [-0.3, -0.25) is 4.79 Å². The lowest BCUT2D eigenvalue weighted by atomic mass is 9.49. The zero-order chi connectivity index (χ0) is 16.9. The predicted molar refractivity (Wildman–Crippen MR) is 95.5 cm³/mol. The number of rotatable bonds is 3. The van der Waals surface area contributed by atoms with E-state index in [2.05, 4.69) is 37.1 Å². The zero-order valence-corrected chi connectivity index (χ0v) is 15.2. The third kappa shape index (κ3) is 2.24. The summed E-state index contributed by atoms with van der Waals surface area (Å²) in [6.07, 6.45) is 6.12. The number of likely N-dealkylation sites (N-methyl/N-ethyl adjacent to an activating group) is 1. The molecule has 0 N–H and O–H groups in total. The van der Waals surface area contributed by atoms with Crippen molar-refractivity contribution in [2.75, 3.05) is 20.7 Å². The van der Waals surface area contributed by atoms with Crippen LogP contribution >= 0.6 is 0 Å². The van der Waals surface area contributed by atoms with Crippen LogP contribution in [0.15, 0.2) is 18.2 Å². The number of piperidine rings is 1. The van der Waals surface area contributed by atoms with Gasteiger partial charge >= 0.3 is 0 Å². The van der Waals surface area contributed by atoms with Gasteiger partial charge in [0.05, 0.1) is 7.11 Å². The molecule has 1 aliphatic heterocycles. The second-order valence-corrected chi connectivity index (χ2v) is 8.18. The summed E-state index contributed by atoms with van der Waals surface area (Å²) in [5, 5.41) is 0. The number of Topliss-reactive ketones (excluding diaryl/α,β-unsaturated/α-hetero) is 1. The first-order valence-corrected chi connectivity index (χ1v) is 9.48.